The predicted octanol–water partition coefficient (Wildman–Crippen LogP) is 2.06. The number of carbonyl (C=O) groups is 2. The fraction of sp³-hybridized carbons (Fsp3) is 0.333. The lowest BCUT2D eigenvalue weighted by Gasteiger charge is -2.27. The van der Waals surface area contributed by atoms with Crippen LogP contribution in [0.25, 0.3) is 0 Å². The zero-order valence-corrected chi connectivity index (χ0v) is 11.7. The molecule has 1 aromatic carbocycles. The summed E-state index contributed by atoms with van der Waals surface area (Å²) in [6.07, 6.45) is 1.90. The number of nitrogens with zero attached hydrogens (tertiary/aromatic N) is 2. The standard InChI is InChI=1S/C15H14FN3O3/c16-11-4-3-8(6-10(11)15(21)22)7-12-13-9(2-1-5-17-13)14(20)19-18-12/h3-4,6,12,17H,1-2,5,7H2,(H,21,22). The minimum atomic E-state index is -1.31. The van der Waals surface area contributed by atoms with E-state index in [1.807, 2.05) is 0 Å². The Morgan fingerprint density at radius 1 is 1.45 bits per heavy atom. The average Bonchev–Trinajstić information content (AvgIpc) is 2.52. The molecule has 2 N–H and O–H groups in total. The Balaban J connectivity index is 1.88. The van der Waals surface area contributed by atoms with Crippen LogP contribution >= 0.6 is 0 Å². The molecule has 7 heteroatoms. The second-order valence-corrected chi connectivity index (χ2v) is 5.28. The third-order valence-corrected chi connectivity index (χ3v) is 3.81. The number of hydrogen-bond acceptors (Lipinski definition) is 4. The molecule has 0 radical (unpaired) electrons. The number of rotatable bonds is 3. The van der Waals surface area contributed by atoms with E-state index >= 15 is 0 Å². The Kier molecular flexibility index (Phi) is 3.70. The van der Waals surface area contributed by atoms with E-state index in [1.165, 1.54) is 12.1 Å². The van der Waals surface area contributed by atoms with Crippen molar-refractivity contribution in [3.63, 3.8) is 0 Å². The second kappa shape index (κ2) is 5.67. The van der Waals surface area contributed by atoms with Crippen LogP contribution in [0.4, 0.5) is 4.39 Å². The summed E-state index contributed by atoms with van der Waals surface area (Å²) in [5.41, 5.74) is 1.67. The maximum Gasteiger partial charge on any atom is 0.338 e. The fourth-order valence-electron chi connectivity index (χ4n) is 2.74. The highest BCUT2D eigenvalue weighted by Gasteiger charge is 2.29. The van der Waals surface area contributed by atoms with Crippen LogP contribution in [0.5, 0.6) is 0 Å². The molecule has 6 nitrogen and oxygen atoms in total. The van der Waals surface area contributed by atoms with Crippen LogP contribution in [0.3, 0.4) is 0 Å². The molecule has 1 atom stereocenters. The molecule has 0 bridgehead atoms. The quantitative estimate of drug-likeness (QED) is 0.894. The van der Waals surface area contributed by atoms with Crippen molar-refractivity contribution in [3.8, 4) is 0 Å². The van der Waals surface area contributed by atoms with Crippen LogP contribution < -0.4 is 5.32 Å². The van der Waals surface area contributed by atoms with Crippen LogP contribution in [-0.2, 0) is 11.2 Å². The van der Waals surface area contributed by atoms with Crippen molar-refractivity contribution in [2.24, 2.45) is 10.2 Å². The Hall–Kier alpha value is -2.57. The minimum Gasteiger partial charge on any atom is -0.478 e. The lowest BCUT2D eigenvalue weighted by Crippen LogP contribution is -2.34. The second-order valence-electron chi connectivity index (χ2n) is 5.28. The highest BCUT2D eigenvalue weighted by Crippen LogP contribution is 2.27. The monoisotopic (exact) mass is 303 g/mol. The number of carboxylic acid groups (broad SMARTS) is 1. The van der Waals surface area contributed by atoms with E-state index in [-0.39, 0.29) is 17.5 Å². The van der Waals surface area contributed by atoms with Crippen molar-refractivity contribution in [2.75, 3.05) is 6.54 Å². The number of halogens is 1. The number of benzene rings is 1. The molecule has 1 aromatic rings. The number of amides is 1. The fourth-order valence-corrected chi connectivity index (χ4v) is 2.74. The van der Waals surface area contributed by atoms with Gasteiger partial charge in [0.05, 0.1) is 5.56 Å². The molecule has 2 aliphatic heterocycles. The molecular formula is C15H14FN3O3. The summed E-state index contributed by atoms with van der Waals surface area (Å²) in [6, 6.07) is 3.59. The van der Waals surface area contributed by atoms with Gasteiger partial charge in [0.2, 0.25) is 0 Å². The molecule has 0 saturated carbocycles. The summed E-state index contributed by atoms with van der Waals surface area (Å²) in [6.45, 7) is 0.766. The summed E-state index contributed by atoms with van der Waals surface area (Å²) in [4.78, 5) is 22.7. The van der Waals surface area contributed by atoms with Gasteiger partial charge in [-0.05, 0) is 30.5 Å². The molecule has 2 heterocycles. The van der Waals surface area contributed by atoms with E-state index in [0.717, 1.165) is 24.7 Å². The molecule has 22 heavy (non-hydrogen) atoms. The third kappa shape index (κ3) is 2.61. The van der Waals surface area contributed by atoms with Gasteiger partial charge in [0.15, 0.2) is 0 Å². The van der Waals surface area contributed by atoms with E-state index in [0.29, 0.717) is 24.0 Å². The van der Waals surface area contributed by atoms with E-state index < -0.39 is 11.8 Å². The first kappa shape index (κ1) is 14.4. The lowest BCUT2D eigenvalue weighted by atomic mass is 9.93. The first-order chi connectivity index (χ1) is 10.6. The molecule has 0 saturated heterocycles. The van der Waals surface area contributed by atoms with Crippen LogP contribution in [0.2, 0.25) is 0 Å². The van der Waals surface area contributed by atoms with Crippen LogP contribution in [-0.4, -0.2) is 29.6 Å². The molecular weight excluding hydrogens is 289 g/mol. The first-order valence-corrected chi connectivity index (χ1v) is 7.00. The van der Waals surface area contributed by atoms with Gasteiger partial charge in [-0.3, -0.25) is 4.79 Å². The lowest BCUT2D eigenvalue weighted by molar-refractivity contribution is -0.115. The third-order valence-electron chi connectivity index (χ3n) is 3.81. The van der Waals surface area contributed by atoms with E-state index in [4.69, 9.17) is 5.11 Å². The molecule has 114 valence electrons. The Morgan fingerprint density at radius 3 is 3.05 bits per heavy atom. The van der Waals surface area contributed by atoms with Gasteiger partial charge in [-0.25, -0.2) is 9.18 Å². The van der Waals surface area contributed by atoms with Gasteiger partial charge in [-0.15, -0.1) is 5.11 Å². The van der Waals surface area contributed by atoms with Gasteiger partial charge in [0, 0.05) is 24.2 Å². The van der Waals surface area contributed by atoms with E-state index in [1.54, 1.807) is 0 Å². The summed E-state index contributed by atoms with van der Waals surface area (Å²) in [5.74, 6) is -2.40. The maximum atomic E-state index is 13.4. The number of aromatic carboxylic acids is 1. The summed E-state index contributed by atoms with van der Waals surface area (Å²) in [7, 11) is 0. The highest BCUT2D eigenvalue weighted by molar-refractivity contribution is 5.95. The van der Waals surface area contributed by atoms with Gasteiger partial charge in [0.1, 0.15) is 11.9 Å². The highest BCUT2D eigenvalue weighted by atomic mass is 19.1. The average molecular weight is 303 g/mol. The van der Waals surface area contributed by atoms with Crippen molar-refractivity contribution in [1.82, 2.24) is 5.32 Å². The Morgan fingerprint density at radius 2 is 2.27 bits per heavy atom. The molecule has 1 unspecified atom stereocenters. The van der Waals surface area contributed by atoms with Gasteiger partial charge >= 0.3 is 5.97 Å². The first-order valence-electron chi connectivity index (χ1n) is 7.00. The van der Waals surface area contributed by atoms with E-state index in [9.17, 15) is 14.0 Å². The number of carboxylic acids is 1. The topological polar surface area (TPSA) is 91.1 Å². The van der Waals surface area contributed by atoms with Gasteiger partial charge in [0.25, 0.3) is 5.91 Å². The normalized spacial score (nSPS) is 20.6. The SMILES string of the molecule is O=C1N=NC(Cc2ccc(F)c(C(=O)O)c2)C2=C1CCCN2. The largest absolute Gasteiger partial charge is 0.478 e. The number of azo groups is 1. The number of carbonyl (C=O) groups excluding carboxylic acids is 1. The number of hydrogen-bond donors (Lipinski definition) is 2. The predicted molar refractivity (Wildman–Crippen MR) is 75.0 cm³/mol. The maximum absolute atomic E-state index is 13.4. The molecule has 0 fully saturated rings. The van der Waals surface area contributed by atoms with Crippen molar-refractivity contribution in [3.05, 3.63) is 46.4 Å². The van der Waals surface area contributed by atoms with Crippen molar-refractivity contribution < 1.29 is 19.1 Å². The molecule has 0 aromatic heterocycles. The van der Waals surface area contributed by atoms with Gasteiger partial charge < -0.3 is 10.4 Å². The van der Waals surface area contributed by atoms with Gasteiger partial charge in [-0.2, -0.15) is 5.11 Å². The zero-order valence-electron chi connectivity index (χ0n) is 11.7. The molecule has 0 aliphatic carbocycles. The Bertz CT molecular complexity index is 712. The molecule has 0 spiro atoms. The summed E-state index contributed by atoms with van der Waals surface area (Å²) < 4.78 is 13.4. The molecule has 2 aliphatic rings. The van der Waals surface area contributed by atoms with Crippen LogP contribution in [0.15, 0.2) is 39.7 Å². The summed E-state index contributed by atoms with van der Waals surface area (Å²) in [5, 5.41) is 19.8. The minimum absolute atomic E-state index is 0.316. The smallest absolute Gasteiger partial charge is 0.338 e. The van der Waals surface area contributed by atoms with Gasteiger partial charge in [-0.1, -0.05) is 6.07 Å². The molecule has 1 amide bonds. The van der Waals surface area contributed by atoms with Crippen LogP contribution in [0, 0.1) is 5.82 Å². The van der Waals surface area contributed by atoms with Crippen LogP contribution in [0.1, 0.15) is 28.8 Å². The number of nitrogens with one attached hydrogen (secondary N) is 1. The van der Waals surface area contributed by atoms with Crippen molar-refractivity contribution >= 4 is 11.9 Å². The Labute approximate surface area is 125 Å². The summed E-state index contributed by atoms with van der Waals surface area (Å²) >= 11 is 0. The van der Waals surface area contributed by atoms with E-state index in [2.05, 4.69) is 15.5 Å². The van der Waals surface area contributed by atoms with Crippen molar-refractivity contribution in [2.45, 2.75) is 25.3 Å². The molecule has 3 rings (SSSR count). The zero-order chi connectivity index (χ0) is 15.7. The van der Waals surface area contributed by atoms with Crippen molar-refractivity contribution in [1.29, 1.82) is 0 Å².